The maximum Gasteiger partial charge on any atom is 0.169 e. The van der Waals surface area contributed by atoms with Crippen molar-refractivity contribution in [3.63, 3.8) is 0 Å². The fraction of sp³-hybridized carbons (Fsp3) is 0.267. The molecule has 0 N–H and O–H groups in total. The standard InChI is InChI=1S/C15H18N/c1-13-8-10-16(11-9-13)14(2)12-15-6-4-3-5-7-15/h3-11,14H,12H2,1-2H3/q+1. The van der Waals surface area contributed by atoms with Crippen LogP contribution in [0, 0.1) is 6.92 Å². The van der Waals surface area contributed by atoms with Crippen LogP contribution in [0.1, 0.15) is 24.1 Å². The molecule has 1 heterocycles. The summed E-state index contributed by atoms with van der Waals surface area (Å²) in [5.74, 6) is 0. The second-order valence-corrected chi connectivity index (χ2v) is 4.36. The molecule has 0 fully saturated rings. The third kappa shape index (κ3) is 2.69. The lowest BCUT2D eigenvalue weighted by atomic mass is 10.1. The summed E-state index contributed by atoms with van der Waals surface area (Å²) < 4.78 is 2.26. The van der Waals surface area contributed by atoms with Crippen molar-refractivity contribution in [3.05, 3.63) is 66.0 Å². The second-order valence-electron chi connectivity index (χ2n) is 4.36. The Labute approximate surface area is 97.4 Å². The first-order valence-corrected chi connectivity index (χ1v) is 5.77. The van der Waals surface area contributed by atoms with E-state index in [4.69, 9.17) is 0 Å². The second kappa shape index (κ2) is 4.93. The Balaban J connectivity index is 2.09. The first-order valence-electron chi connectivity index (χ1n) is 5.77. The van der Waals surface area contributed by atoms with Crippen LogP contribution in [0.4, 0.5) is 0 Å². The molecule has 1 unspecified atom stereocenters. The van der Waals surface area contributed by atoms with E-state index in [1.54, 1.807) is 0 Å². The molecule has 2 rings (SSSR count). The summed E-state index contributed by atoms with van der Waals surface area (Å²) in [6.07, 6.45) is 5.39. The van der Waals surface area contributed by atoms with Crippen LogP contribution in [0.2, 0.25) is 0 Å². The summed E-state index contributed by atoms with van der Waals surface area (Å²) in [4.78, 5) is 0. The van der Waals surface area contributed by atoms with Gasteiger partial charge in [-0.3, -0.25) is 0 Å². The van der Waals surface area contributed by atoms with Crippen molar-refractivity contribution in [2.24, 2.45) is 0 Å². The summed E-state index contributed by atoms with van der Waals surface area (Å²) in [6, 6.07) is 15.4. The van der Waals surface area contributed by atoms with Crippen molar-refractivity contribution in [1.29, 1.82) is 0 Å². The minimum atomic E-state index is 0.503. The number of rotatable bonds is 3. The Kier molecular flexibility index (Phi) is 3.35. The van der Waals surface area contributed by atoms with E-state index < -0.39 is 0 Å². The van der Waals surface area contributed by atoms with Gasteiger partial charge in [-0.15, -0.1) is 0 Å². The monoisotopic (exact) mass is 212 g/mol. The Morgan fingerprint density at radius 2 is 1.62 bits per heavy atom. The first-order chi connectivity index (χ1) is 7.75. The first kappa shape index (κ1) is 10.9. The van der Waals surface area contributed by atoms with Crippen molar-refractivity contribution in [2.75, 3.05) is 0 Å². The number of hydrogen-bond donors (Lipinski definition) is 0. The molecule has 0 aliphatic rings. The van der Waals surface area contributed by atoms with Gasteiger partial charge in [0.05, 0.1) is 0 Å². The number of pyridine rings is 1. The Hall–Kier alpha value is -1.63. The molecule has 1 heteroatoms. The number of benzene rings is 1. The lowest BCUT2D eigenvalue weighted by Gasteiger charge is -2.07. The van der Waals surface area contributed by atoms with E-state index in [0.717, 1.165) is 6.42 Å². The van der Waals surface area contributed by atoms with E-state index in [2.05, 4.69) is 73.3 Å². The molecule has 82 valence electrons. The van der Waals surface area contributed by atoms with Crippen LogP contribution in [0.3, 0.4) is 0 Å². The summed E-state index contributed by atoms with van der Waals surface area (Å²) >= 11 is 0. The molecule has 1 aromatic heterocycles. The molecule has 0 amide bonds. The topological polar surface area (TPSA) is 3.88 Å². The molecule has 0 aliphatic carbocycles. The van der Waals surface area contributed by atoms with Gasteiger partial charge >= 0.3 is 0 Å². The summed E-state index contributed by atoms with van der Waals surface area (Å²) in [5.41, 5.74) is 2.70. The summed E-state index contributed by atoms with van der Waals surface area (Å²) in [7, 11) is 0. The lowest BCUT2D eigenvalue weighted by Crippen LogP contribution is -2.38. The van der Waals surface area contributed by atoms with Crippen LogP contribution in [0.25, 0.3) is 0 Å². The van der Waals surface area contributed by atoms with E-state index in [0.29, 0.717) is 6.04 Å². The van der Waals surface area contributed by atoms with E-state index in [1.807, 2.05) is 0 Å². The molecule has 0 radical (unpaired) electrons. The van der Waals surface area contributed by atoms with Gasteiger partial charge < -0.3 is 0 Å². The highest BCUT2D eigenvalue weighted by Crippen LogP contribution is 2.07. The Bertz CT molecular complexity index is 431. The molecule has 1 atom stereocenters. The third-order valence-electron chi connectivity index (χ3n) is 2.90. The highest BCUT2D eigenvalue weighted by atomic mass is 15.0. The molecule has 16 heavy (non-hydrogen) atoms. The predicted molar refractivity (Wildman–Crippen MR) is 66.2 cm³/mol. The molecule has 0 saturated carbocycles. The minimum absolute atomic E-state index is 0.503. The number of aryl methyl sites for hydroxylation is 1. The maximum atomic E-state index is 2.26. The van der Waals surface area contributed by atoms with Crippen molar-refractivity contribution < 1.29 is 4.57 Å². The number of nitrogens with zero attached hydrogens (tertiary/aromatic N) is 1. The van der Waals surface area contributed by atoms with E-state index in [9.17, 15) is 0 Å². The van der Waals surface area contributed by atoms with Gasteiger partial charge in [0.25, 0.3) is 0 Å². The molecule has 0 spiro atoms. The molecule has 0 aliphatic heterocycles. The minimum Gasteiger partial charge on any atom is -0.202 e. The normalized spacial score (nSPS) is 12.4. The maximum absolute atomic E-state index is 2.26. The van der Waals surface area contributed by atoms with Gasteiger partial charge in [-0.25, -0.2) is 4.57 Å². The smallest absolute Gasteiger partial charge is 0.169 e. The zero-order valence-electron chi connectivity index (χ0n) is 9.93. The molecule has 0 saturated heterocycles. The van der Waals surface area contributed by atoms with Gasteiger partial charge in [0, 0.05) is 18.6 Å². The van der Waals surface area contributed by atoms with Crippen LogP contribution in [0.5, 0.6) is 0 Å². The fourth-order valence-electron chi connectivity index (χ4n) is 1.87. The van der Waals surface area contributed by atoms with Crippen LogP contribution in [-0.2, 0) is 6.42 Å². The third-order valence-corrected chi connectivity index (χ3v) is 2.90. The van der Waals surface area contributed by atoms with Gasteiger partial charge in [-0.05, 0) is 25.0 Å². The van der Waals surface area contributed by atoms with Crippen molar-refractivity contribution in [2.45, 2.75) is 26.3 Å². The lowest BCUT2D eigenvalue weighted by molar-refractivity contribution is -0.719. The predicted octanol–water partition coefficient (Wildman–Crippen LogP) is 3.09. The SMILES string of the molecule is Cc1cc[n+](C(C)Cc2ccccc2)cc1. The zero-order chi connectivity index (χ0) is 11.4. The molecule has 1 aromatic carbocycles. The van der Waals surface area contributed by atoms with Crippen LogP contribution in [0.15, 0.2) is 54.9 Å². The van der Waals surface area contributed by atoms with Gasteiger partial charge in [0.15, 0.2) is 18.4 Å². The highest BCUT2D eigenvalue weighted by molar-refractivity contribution is 5.14. The summed E-state index contributed by atoms with van der Waals surface area (Å²) in [6.45, 7) is 4.37. The molecule has 1 nitrogen and oxygen atoms in total. The number of hydrogen-bond acceptors (Lipinski definition) is 0. The van der Waals surface area contributed by atoms with E-state index in [1.165, 1.54) is 11.1 Å². The van der Waals surface area contributed by atoms with Gasteiger partial charge in [0.1, 0.15) is 0 Å². The van der Waals surface area contributed by atoms with Gasteiger partial charge in [-0.1, -0.05) is 30.3 Å². The molecular weight excluding hydrogens is 194 g/mol. The largest absolute Gasteiger partial charge is 0.202 e. The quantitative estimate of drug-likeness (QED) is 0.688. The van der Waals surface area contributed by atoms with Crippen molar-refractivity contribution in [3.8, 4) is 0 Å². The van der Waals surface area contributed by atoms with E-state index in [-0.39, 0.29) is 0 Å². The Morgan fingerprint density at radius 1 is 1.00 bits per heavy atom. The van der Waals surface area contributed by atoms with Crippen LogP contribution < -0.4 is 4.57 Å². The van der Waals surface area contributed by atoms with E-state index >= 15 is 0 Å². The summed E-state index contributed by atoms with van der Waals surface area (Å²) in [5, 5.41) is 0. The zero-order valence-corrected chi connectivity index (χ0v) is 9.93. The van der Waals surface area contributed by atoms with Crippen LogP contribution in [-0.4, -0.2) is 0 Å². The molecule has 0 bridgehead atoms. The number of aromatic nitrogens is 1. The molecule has 2 aromatic rings. The van der Waals surface area contributed by atoms with Crippen molar-refractivity contribution >= 4 is 0 Å². The fourth-order valence-corrected chi connectivity index (χ4v) is 1.87. The average molecular weight is 212 g/mol. The van der Waals surface area contributed by atoms with Crippen LogP contribution >= 0.6 is 0 Å². The highest BCUT2D eigenvalue weighted by Gasteiger charge is 2.11. The Morgan fingerprint density at radius 3 is 2.25 bits per heavy atom. The van der Waals surface area contributed by atoms with Gasteiger partial charge in [-0.2, -0.15) is 0 Å². The molecular formula is C15H18N+. The van der Waals surface area contributed by atoms with Crippen molar-refractivity contribution in [1.82, 2.24) is 0 Å². The average Bonchev–Trinajstić information content (AvgIpc) is 2.31. The van der Waals surface area contributed by atoms with Gasteiger partial charge in [0.2, 0.25) is 0 Å².